The van der Waals surface area contributed by atoms with Gasteiger partial charge in [-0.1, -0.05) is 59.3 Å². The largest absolute Gasteiger partial charge is 0.349 e. The molecule has 1 aromatic carbocycles. The molecule has 0 aromatic heterocycles. The minimum atomic E-state index is -0.183. The molecule has 0 heterocycles. The van der Waals surface area contributed by atoms with E-state index >= 15 is 0 Å². The highest BCUT2D eigenvalue weighted by Crippen LogP contribution is 2.30. The van der Waals surface area contributed by atoms with Gasteiger partial charge in [0.2, 0.25) is 0 Å². The van der Waals surface area contributed by atoms with E-state index in [2.05, 4.69) is 36.7 Å². The Morgan fingerprint density at radius 2 is 0.714 bits per heavy atom. The molecule has 0 spiro atoms. The number of rotatable bonds is 12. The van der Waals surface area contributed by atoms with Crippen LogP contribution in [0.25, 0.3) is 0 Å². The number of benzene rings is 1. The quantitative estimate of drug-likeness (QED) is 0.235. The van der Waals surface area contributed by atoms with Gasteiger partial charge in [0.1, 0.15) is 0 Å². The van der Waals surface area contributed by atoms with Crippen molar-refractivity contribution in [1.82, 2.24) is 16.0 Å². The van der Waals surface area contributed by atoms with Crippen molar-refractivity contribution >= 4 is 17.7 Å². The number of hydrogen-bond acceptors (Lipinski definition) is 3. The fraction of sp³-hybridized carbons (Fsp3) is 0.750. The van der Waals surface area contributed by atoms with Crippen LogP contribution in [0, 0.1) is 17.8 Å². The average Bonchev–Trinajstić information content (AvgIpc) is 3.00. The first-order valence-corrected chi connectivity index (χ1v) is 17.5. The zero-order valence-corrected chi connectivity index (χ0v) is 26.6. The van der Waals surface area contributed by atoms with Crippen LogP contribution in [-0.2, 0) is 0 Å². The maximum atomic E-state index is 13.5. The first-order valence-electron chi connectivity index (χ1n) is 17.5. The highest BCUT2D eigenvalue weighted by Gasteiger charge is 2.27. The summed E-state index contributed by atoms with van der Waals surface area (Å²) in [5.41, 5.74) is 1.21. The van der Waals surface area contributed by atoms with E-state index in [1.807, 2.05) is 0 Å². The summed E-state index contributed by atoms with van der Waals surface area (Å²) in [6, 6.07) is 5.50. The predicted octanol–water partition coefficient (Wildman–Crippen LogP) is 7.95. The SMILES string of the molecule is CCCC1CCC(NC(=O)c2cc(C(=O)NC3CCC(CCC)CC3)cc(C(=O)NC3CCC(CCC)CC3)c2)CC1. The van der Waals surface area contributed by atoms with Crippen LogP contribution in [0.5, 0.6) is 0 Å². The van der Waals surface area contributed by atoms with E-state index in [1.54, 1.807) is 18.2 Å². The standard InChI is InChI=1S/C36H57N3O3/c1-4-7-25-10-16-31(17-11-25)37-34(40)28-22-29(35(41)38-32-18-12-26(8-5-2)13-19-32)24-30(23-28)36(42)39-33-20-14-27(9-6-3)15-21-33/h22-27,31-33H,4-21H2,1-3H3,(H,37,40)(H,38,41)(H,39,42). The van der Waals surface area contributed by atoms with Gasteiger partial charge in [0.05, 0.1) is 0 Å². The van der Waals surface area contributed by atoms with Crippen molar-refractivity contribution in [2.45, 2.75) is 154 Å². The number of hydrogen-bond donors (Lipinski definition) is 3. The summed E-state index contributed by atoms with van der Waals surface area (Å²) in [4.78, 5) is 40.4. The second-order valence-electron chi connectivity index (χ2n) is 13.7. The van der Waals surface area contributed by atoms with Crippen molar-refractivity contribution in [3.8, 4) is 0 Å². The summed E-state index contributed by atoms with van der Waals surface area (Å²) in [6.07, 6.45) is 20.3. The van der Waals surface area contributed by atoms with Gasteiger partial charge in [-0.05, 0) is 113 Å². The van der Waals surface area contributed by atoms with E-state index < -0.39 is 0 Å². The first kappa shape index (κ1) is 32.5. The van der Waals surface area contributed by atoms with Gasteiger partial charge in [-0.25, -0.2) is 0 Å². The van der Waals surface area contributed by atoms with Crippen molar-refractivity contribution in [2.75, 3.05) is 0 Å². The van der Waals surface area contributed by atoms with Gasteiger partial charge in [0.15, 0.2) is 0 Å². The van der Waals surface area contributed by atoms with Crippen LogP contribution in [-0.4, -0.2) is 35.8 Å². The maximum absolute atomic E-state index is 13.5. The minimum Gasteiger partial charge on any atom is -0.349 e. The molecule has 0 atom stereocenters. The van der Waals surface area contributed by atoms with Crippen LogP contribution in [0.15, 0.2) is 18.2 Å². The van der Waals surface area contributed by atoms with Crippen molar-refractivity contribution in [1.29, 1.82) is 0 Å². The summed E-state index contributed by atoms with van der Waals surface area (Å²) < 4.78 is 0. The van der Waals surface area contributed by atoms with Crippen LogP contribution in [0.2, 0.25) is 0 Å². The van der Waals surface area contributed by atoms with E-state index in [0.717, 1.165) is 94.8 Å². The molecule has 4 rings (SSSR count). The third-order valence-electron chi connectivity index (χ3n) is 10.4. The molecular formula is C36H57N3O3. The van der Waals surface area contributed by atoms with E-state index in [4.69, 9.17) is 0 Å². The Labute approximate surface area is 254 Å². The molecule has 234 valence electrons. The molecule has 3 fully saturated rings. The van der Waals surface area contributed by atoms with Gasteiger partial charge >= 0.3 is 0 Å². The fourth-order valence-corrected chi connectivity index (χ4v) is 7.84. The van der Waals surface area contributed by atoms with Gasteiger partial charge in [0.25, 0.3) is 17.7 Å². The Morgan fingerprint density at radius 3 is 0.929 bits per heavy atom. The molecule has 0 aliphatic heterocycles. The first-order chi connectivity index (χ1) is 20.4. The minimum absolute atomic E-state index is 0.150. The lowest BCUT2D eigenvalue weighted by Gasteiger charge is -2.30. The Kier molecular flexibility index (Phi) is 12.8. The van der Waals surface area contributed by atoms with Crippen molar-refractivity contribution < 1.29 is 14.4 Å². The topological polar surface area (TPSA) is 87.3 Å². The highest BCUT2D eigenvalue weighted by atomic mass is 16.2. The Bertz CT molecular complexity index is 875. The summed E-state index contributed by atoms with van der Waals surface area (Å²) in [5.74, 6) is 1.74. The van der Waals surface area contributed by atoms with E-state index in [1.165, 1.54) is 38.5 Å². The number of amides is 3. The zero-order valence-electron chi connectivity index (χ0n) is 26.6. The summed E-state index contributed by atoms with van der Waals surface area (Å²) >= 11 is 0. The Morgan fingerprint density at radius 1 is 0.476 bits per heavy atom. The monoisotopic (exact) mass is 579 g/mol. The molecule has 0 bridgehead atoms. The molecule has 0 saturated heterocycles. The van der Waals surface area contributed by atoms with Crippen molar-refractivity contribution in [3.63, 3.8) is 0 Å². The molecule has 3 saturated carbocycles. The summed E-state index contributed by atoms with van der Waals surface area (Å²) in [6.45, 7) is 6.71. The number of carbonyl (C=O) groups is 3. The molecule has 3 amide bonds. The summed E-state index contributed by atoms with van der Waals surface area (Å²) in [7, 11) is 0. The van der Waals surface area contributed by atoms with Crippen LogP contribution in [0.1, 0.15) is 167 Å². The maximum Gasteiger partial charge on any atom is 0.251 e. The molecule has 6 nitrogen and oxygen atoms in total. The third-order valence-corrected chi connectivity index (χ3v) is 10.4. The fourth-order valence-electron chi connectivity index (χ4n) is 7.84. The van der Waals surface area contributed by atoms with E-state index in [0.29, 0.717) is 16.7 Å². The zero-order chi connectivity index (χ0) is 29.9. The van der Waals surface area contributed by atoms with Gasteiger partial charge in [-0.2, -0.15) is 0 Å². The molecular weight excluding hydrogens is 522 g/mol. The number of nitrogens with one attached hydrogen (secondary N) is 3. The third kappa shape index (κ3) is 9.57. The summed E-state index contributed by atoms with van der Waals surface area (Å²) in [5, 5.41) is 9.67. The van der Waals surface area contributed by atoms with Crippen LogP contribution in [0.4, 0.5) is 0 Å². The van der Waals surface area contributed by atoms with Gasteiger partial charge in [-0.3, -0.25) is 14.4 Å². The molecule has 0 radical (unpaired) electrons. The smallest absolute Gasteiger partial charge is 0.251 e. The lowest BCUT2D eigenvalue weighted by molar-refractivity contribution is 0.0920. The molecule has 1 aromatic rings. The van der Waals surface area contributed by atoms with Crippen LogP contribution < -0.4 is 16.0 Å². The molecule has 42 heavy (non-hydrogen) atoms. The lowest BCUT2D eigenvalue weighted by atomic mass is 9.83. The number of carbonyl (C=O) groups excluding carboxylic acids is 3. The molecule has 3 aliphatic rings. The second-order valence-corrected chi connectivity index (χ2v) is 13.7. The normalized spacial score (nSPS) is 28.1. The van der Waals surface area contributed by atoms with Gasteiger partial charge < -0.3 is 16.0 Å². The molecule has 6 heteroatoms. The molecule has 0 unspecified atom stereocenters. The van der Waals surface area contributed by atoms with Gasteiger partial charge in [0, 0.05) is 34.8 Å². The Balaban J connectivity index is 1.44. The highest BCUT2D eigenvalue weighted by molar-refractivity contribution is 6.04. The van der Waals surface area contributed by atoms with Crippen molar-refractivity contribution in [2.24, 2.45) is 17.8 Å². The van der Waals surface area contributed by atoms with Crippen molar-refractivity contribution in [3.05, 3.63) is 34.9 Å². The van der Waals surface area contributed by atoms with E-state index in [-0.39, 0.29) is 35.8 Å². The van der Waals surface area contributed by atoms with Gasteiger partial charge in [-0.15, -0.1) is 0 Å². The van der Waals surface area contributed by atoms with Crippen LogP contribution in [0.3, 0.4) is 0 Å². The Hall–Kier alpha value is -2.37. The van der Waals surface area contributed by atoms with Crippen LogP contribution >= 0.6 is 0 Å². The van der Waals surface area contributed by atoms with E-state index in [9.17, 15) is 14.4 Å². The average molecular weight is 580 g/mol. The molecule has 3 aliphatic carbocycles. The molecule has 3 N–H and O–H groups in total. The predicted molar refractivity (Wildman–Crippen MR) is 171 cm³/mol. The second kappa shape index (κ2) is 16.5. The lowest BCUT2D eigenvalue weighted by Crippen LogP contribution is -2.40.